The molecule has 0 spiro atoms. The van der Waals surface area contributed by atoms with Crippen LogP contribution in [0, 0.1) is 10.8 Å². The molecule has 5 N–H and O–H groups in total. The molecule has 0 aromatic carbocycles. The summed E-state index contributed by atoms with van der Waals surface area (Å²) in [6.07, 6.45) is 0.695. The van der Waals surface area contributed by atoms with E-state index in [1.54, 1.807) is 5.48 Å². The van der Waals surface area contributed by atoms with Gasteiger partial charge in [0.05, 0.1) is 0 Å². The van der Waals surface area contributed by atoms with E-state index in [1.807, 2.05) is 27.7 Å². The molecule has 18 heavy (non-hydrogen) atoms. The standard InChI is InChI=1S/C12H25N3O3/c1-11(2,7-9(16)15-18)8-12(3,4)10(17)14-6-5-13/h18H,5-8,13H2,1-4H3,(H,14,17)(H,15,16). The van der Waals surface area contributed by atoms with E-state index in [0.29, 0.717) is 19.5 Å². The van der Waals surface area contributed by atoms with E-state index >= 15 is 0 Å². The first-order valence-electron chi connectivity index (χ1n) is 6.06. The number of hydrogen-bond acceptors (Lipinski definition) is 4. The van der Waals surface area contributed by atoms with Crippen LogP contribution in [0.3, 0.4) is 0 Å². The molecule has 0 saturated heterocycles. The fourth-order valence-electron chi connectivity index (χ4n) is 2.24. The van der Waals surface area contributed by atoms with Crippen molar-refractivity contribution in [2.45, 2.75) is 40.5 Å². The van der Waals surface area contributed by atoms with Crippen molar-refractivity contribution in [3.63, 3.8) is 0 Å². The summed E-state index contributed by atoms with van der Waals surface area (Å²) in [5.74, 6) is -0.524. The number of amides is 2. The maximum absolute atomic E-state index is 11.9. The van der Waals surface area contributed by atoms with Crippen LogP contribution in [-0.4, -0.2) is 30.1 Å². The molecule has 2 amide bonds. The Morgan fingerprint density at radius 2 is 1.78 bits per heavy atom. The summed E-state index contributed by atoms with van der Waals surface area (Å²) in [7, 11) is 0. The smallest absolute Gasteiger partial charge is 0.243 e. The van der Waals surface area contributed by atoms with Crippen LogP contribution in [0.1, 0.15) is 40.5 Å². The second-order valence-corrected chi connectivity index (χ2v) is 5.98. The molecule has 0 atom stereocenters. The summed E-state index contributed by atoms with van der Waals surface area (Å²) in [4.78, 5) is 23.1. The first-order valence-corrected chi connectivity index (χ1v) is 6.06. The highest BCUT2D eigenvalue weighted by Gasteiger charge is 2.35. The number of hydroxylamine groups is 1. The molecule has 6 heteroatoms. The summed E-state index contributed by atoms with van der Waals surface area (Å²) in [5, 5.41) is 11.3. The number of hydrogen-bond donors (Lipinski definition) is 4. The summed E-state index contributed by atoms with van der Waals surface area (Å²) < 4.78 is 0. The highest BCUT2D eigenvalue weighted by molar-refractivity contribution is 5.82. The van der Waals surface area contributed by atoms with Crippen molar-refractivity contribution < 1.29 is 14.8 Å². The molecular weight excluding hydrogens is 234 g/mol. The Morgan fingerprint density at radius 1 is 1.22 bits per heavy atom. The van der Waals surface area contributed by atoms with E-state index in [9.17, 15) is 9.59 Å². The van der Waals surface area contributed by atoms with Crippen molar-refractivity contribution in [1.29, 1.82) is 0 Å². The molecule has 106 valence electrons. The Kier molecular flexibility index (Phi) is 6.28. The van der Waals surface area contributed by atoms with Gasteiger partial charge >= 0.3 is 0 Å². The van der Waals surface area contributed by atoms with Crippen LogP contribution in [0.2, 0.25) is 0 Å². The van der Waals surface area contributed by atoms with Crippen molar-refractivity contribution >= 4 is 11.8 Å². The number of carbonyl (C=O) groups is 2. The zero-order chi connectivity index (χ0) is 14.4. The summed E-state index contributed by atoms with van der Waals surface area (Å²) in [6.45, 7) is 8.28. The highest BCUT2D eigenvalue weighted by atomic mass is 16.5. The maximum Gasteiger partial charge on any atom is 0.243 e. The lowest BCUT2D eigenvalue weighted by atomic mass is 9.72. The van der Waals surface area contributed by atoms with Crippen molar-refractivity contribution in [3.05, 3.63) is 0 Å². The Labute approximate surface area is 108 Å². The van der Waals surface area contributed by atoms with Gasteiger partial charge in [-0.05, 0) is 11.8 Å². The lowest BCUT2D eigenvalue weighted by Gasteiger charge is -2.33. The Morgan fingerprint density at radius 3 is 2.22 bits per heavy atom. The number of rotatable bonds is 7. The molecule has 0 aliphatic carbocycles. The van der Waals surface area contributed by atoms with Crippen LogP contribution in [0.25, 0.3) is 0 Å². The zero-order valence-electron chi connectivity index (χ0n) is 11.7. The molecule has 6 nitrogen and oxygen atoms in total. The molecule has 0 aromatic rings. The largest absolute Gasteiger partial charge is 0.354 e. The van der Waals surface area contributed by atoms with Gasteiger partial charge in [-0.2, -0.15) is 0 Å². The Bertz CT molecular complexity index is 301. The summed E-state index contributed by atoms with van der Waals surface area (Å²) in [6, 6.07) is 0. The predicted molar refractivity (Wildman–Crippen MR) is 68.8 cm³/mol. The number of nitrogens with two attached hydrogens (primary N) is 1. The van der Waals surface area contributed by atoms with Crippen molar-refractivity contribution in [2.75, 3.05) is 13.1 Å². The van der Waals surface area contributed by atoms with Crippen LogP contribution >= 0.6 is 0 Å². The van der Waals surface area contributed by atoms with Gasteiger partial charge in [0.15, 0.2) is 0 Å². The SMILES string of the molecule is CC(C)(CC(=O)NO)CC(C)(C)C(=O)NCCN. The minimum absolute atomic E-state index is 0.0783. The van der Waals surface area contributed by atoms with Crippen LogP contribution in [0.15, 0.2) is 0 Å². The summed E-state index contributed by atoms with van der Waals surface area (Å²) in [5.41, 5.74) is 5.98. The molecule has 0 heterocycles. The third kappa shape index (κ3) is 5.97. The average Bonchev–Trinajstić information content (AvgIpc) is 2.23. The van der Waals surface area contributed by atoms with Gasteiger partial charge in [-0.1, -0.05) is 27.7 Å². The first-order chi connectivity index (χ1) is 8.14. The molecule has 0 rings (SSSR count). The maximum atomic E-state index is 11.9. The predicted octanol–water partition coefficient (Wildman–Crippen LogP) is 0.399. The molecule has 0 radical (unpaired) electrons. The normalized spacial score (nSPS) is 12.1. The van der Waals surface area contributed by atoms with Crippen molar-refractivity contribution in [3.8, 4) is 0 Å². The molecule has 0 aliphatic heterocycles. The lowest BCUT2D eigenvalue weighted by molar-refractivity contribution is -0.135. The molecule has 0 saturated carbocycles. The third-order valence-corrected chi connectivity index (χ3v) is 2.73. The number of nitrogens with one attached hydrogen (secondary N) is 2. The summed E-state index contributed by atoms with van der Waals surface area (Å²) >= 11 is 0. The van der Waals surface area contributed by atoms with Gasteiger partial charge < -0.3 is 11.1 Å². The second-order valence-electron chi connectivity index (χ2n) is 5.98. The quantitative estimate of drug-likeness (QED) is 0.392. The minimum Gasteiger partial charge on any atom is -0.354 e. The van der Waals surface area contributed by atoms with E-state index in [0.717, 1.165) is 0 Å². The number of carbonyl (C=O) groups excluding carboxylic acids is 2. The fourth-order valence-corrected chi connectivity index (χ4v) is 2.24. The van der Waals surface area contributed by atoms with Crippen molar-refractivity contribution in [1.82, 2.24) is 10.8 Å². The molecule has 0 fully saturated rings. The van der Waals surface area contributed by atoms with Crippen LogP contribution in [0.4, 0.5) is 0 Å². The van der Waals surface area contributed by atoms with Gasteiger partial charge in [-0.25, -0.2) is 5.48 Å². The van der Waals surface area contributed by atoms with Gasteiger partial charge in [-0.3, -0.25) is 14.8 Å². The zero-order valence-corrected chi connectivity index (χ0v) is 11.7. The van der Waals surface area contributed by atoms with Gasteiger partial charge in [0.25, 0.3) is 0 Å². The Balaban J connectivity index is 4.53. The van der Waals surface area contributed by atoms with Crippen LogP contribution < -0.4 is 16.5 Å². The fraction of sp³-hybridized carbons (Fsp3) is 0.833. The van der Waals surface area contributed by atoms with E-state index in [-0.39, 0.29) is 17.7 Å². The first kappa shape index (κ1) is 16.9. The van der Waals surface area contributed by atoms with E-state index in [4.69, 9.17) is 10.9 Å². The molecule has 0 aliphatic rings. The third-order valence-electron chi connectivity index (χ3n) is 2.73. The van der Waals surface area contributed by atoms with Crippen LogP contribution in [-0.2, 0) is 9.59 Å². The van der Waals surface area contributed by atoms with Gasteiger partial charge in [0.1, 0.15) is 0 Å². The average molecular weight is 259 g/mol. The van der Waals surface area contributed by atoms with Crippen molar-refractivity contribution in [2.24, 2.45) is 16.6 Å². The molecule has 0 bridgehead atoms. The van der Waals surface area contributed by atoms with E-state index in [1.165, 1.54) is 0 Å². The molecule has 0 aromatic heterocycles. The molecular formula is C12H25N3O3. The monoisotopic (exact) mass is 259 g/mol. The van der Waals surface area contributed by atoms with Crippen LogP contribution in [0.5, 0.6) is 0 Å². The van der Waals surface area contributed by atoms with E-state index in [2.05, 4.69) is 5.32 Å². The highest BCUT2D eigenvalue weighted by Crippen LogP contribution is 2.36. The minimum atomic E-state index is -0.589. The van der Waals surface area contributed by atoms with Gasteiger partial charge in [-0.15, -0.1) is 0 Å². The molecule has 0 unspecified atom stereocenters. The van der Waals surface area contributed by atoms with Gasteiger partial charge in [0, 0.05) is 24.9 Å². The second kappa shape index (κ2) is 6.70. The topological polar surface area (TPSA) is 104 Å². The van der Waals surface area contributed by atoms with E-state index < -0.39 is 11.3 Å². The lowest BCUT2D eigenvalue weighted by Crippen LogP contribution is -2.42. The Hall–Kier alpha value is -1.14. The van der Waals surface area contributed by atoms with Gasteiger partial charge in [0.2, 0.25) is 11.8 Å².